The van der Waals surface area contributed by atoms with Crippen LogP contribution in [0, 0.1) is 5.82 Å². The van der Waals surface area contributed by atoms with Crippen LogP contribution in [0.5, 0.6) is 0 Å². The number of benzene rings is 1. The van der Waals surface area contributed by atoms with E-state index in [4.69, 9.17) is 0 Å². The fourth-order valence-corrected chi connectivity index (χ4v) is 1.64. The Morgan fingerprint density at radius 2 is 2.15 bits per heavy atom. The maximum Gasteiger partial charge on any atom is 0.124 e. The summed E-state index contributed by atoms with van der Waals surface area (Å²) in [7, 11) is 0. The van der Waals surface area contributed by atoms with Gasteiger partial charge in [-0.3, -0.25) is 0 Å². The molecule has 0 saturated carbocycles. The molecular weight excluding hydrogens is 233 g/mol. The van der Waals surface area contributed by atoms with E-state index in [2.05, 4.69) is 28.2 Å². The Hall–Kier alpha value is -0.410. The molecule has 0 amide bonds. The molecule has 3 heteroatoms. The molecule has 0 radical (unpaired) electrons. The van der Waals surface area contributed by atoms with Gasteiger partial charge in [-0.2, -0.15) is 0 Å². The van der Waals surface area contributed by atoms with Crippen molar-refractivity contribution in [2.75, 3.05) is 6.54 Å². The van der Waals surface area contributed by atoms with Crippen LogP contribution in [0.25, 0.3) is 0 Å². The van der Waals surface area contributed by atoms with Crippen molar-refractivity contribution in [1.29, 1.82) is 0 Å². The van der Waals surface area contributed by atoms with Gasteiger partial charge < -0.3 is 5.32 Å². The second-order valence-electron chi connectivity index (χ2n) is 2.95. The third-order valence-electron chi connectivity index (χ3n) is 1.68. The molecule has 0 atom stereocenters. The van der Waals surface area contributed by atoms with Crippen LogP contribution in [0.1, 0.15) is 18.9 Å². The van der Waals surface area contributed by atoms with Gasteiger partial charge in [-0.25, -0.2) is 4.39 Å². The topological polar surface area (TPSA) is 12.0 Å². The molecule has 1 aromatic rings. The summed E-state index contributed by atoms with van der Waals surface area (Å²) >= 11 is 3.25. The van der Waals surface area contributed by atoms with Crippen molar-refractivity contribution in [3.05, 3.63) is 34.1 Å². The number of halogens is 2. The van der Waals surface area contributed by atoms with Gasteiger partial charge in [-0.15, -0.1) is 0 Å². The molecule has 1 aromatic carbocycles. The highest BCUT2D eigenvalue weighted by atomic mass is 79.9. The quantitative estimate of drug-likeness (QED) is 0.805. The lowest BCUT2D eigenvalue weighted by Crippen LogP contribution is -2.13. The Labute approximate surface area is 86.5 Å². The molecule has 1 nitrogen and oxygen atoms in total. The predicted molar refractivity (Wildman–Crippen MR) is 56.1 cm³/mol. The minimum Gasteiger partial charge on any atom is -0.313 e. The Morgan fingerprint density at radius 3 is 2.77 bits per heavy atom. The zero-order valence-electron chi connectivity index (χ0n) is 7.61. The van der Waals surface area contributed by atoms with Crippen LogP contribution < -0.4 is 5.32 Å². The smallest absolute Gasteiger partial charge is 0.124 e. The first-order valence-electron chi connectivity index (χ1n) is 4.38. The monoisotopic (exact) mass is 245 g/mol. The zero-order valence-corrected chi connectivity index (χ0v) is 9.20. The summed E-state index contributed by atoms with van der Waals surface area (Å²) < 4.78 is 13.7. The minimum atomic E-state index is -0.192. The van der Waals surface area contributed by atoms with Crippen LogP contribution in [-0.2, 0) is 6.54 Å². The number of nitrogens with one attached hydrogen (secondary N) is 1. The van der Waals surface area contributed by atoms with E-state index in [1.807, 2.05) is 6.07 Å². The van der Waals surface area contributed by atoms with Crippen molar-refractivity contribution < 1.29 is 4.39 Å². The highest BCUT2D eigenvalue weighted by Crippen LogP contribution is 2.14. The molecule has 0 aliphatic heterocycles. The molecule has 1 rings (SSSR count). The van der Waals surface area contributed by atoms with Gasteiger partial charge in [0, 0.05) is 11.0 Å². The van der Waals surface area contributed by atoms with Crippen LogP contribution in [0.15, 0.2) is 22.7 Å². The highest BCUT2D eigenvalue weighted by Gasteiger charge is 1.97. The van der Waals surface area contributed by atoms with Crippen molar-refractivity contribution >= 4 is 15.9 Å². The normalized spacial score (nSPS) is 10.4. The summed E-state index contributed by atoms with van der Waals surface area (Å²) in [4.78, 5) is 0. The minimum absolute atomic E-state index is 0.192. The van der Waals surface area contributed by atoms with Gasteiger partial charge in [0.2, 0.25) is 0 Å². The first kappa shape index (κ1) is 10.7. The second kappa shape index (κ2) is 5.35. The average Bonchev–Trinajstić information content (AvgIpc) is 2.03. The summed E-state index contributed by atoms with van der Waals surface area (Å²) in [5, 5.41) is 3.22. The molecule has 13 heavy (non-hydrogen) atoms. The van der Waals surface area contributed by atoms with E-state index < -0.39 is 0 Å². The van der Waals surface area contributed by atoms with Gasteiger partial charge in [0.05, 0.1) is 0 Å². The van der Waals surface area contributed by atoms with Crippen LogP contribution >= 0.6 is 15.9 Å². The Morgan fingerprint density at radius 1 is 1.38 bits per heavy atom. The van der Waals surface area contributed by atoms with Crippen molar-refractivity contribution in [1.82, 2.24) is 5.32 Å². The SMILES string of the molecule is CCCNCc1cc(F)cc(Br)c1. The van der Waals surface area contributed by atoms with E-state index in [0.29, 0.717) is 0 Å². The van der Waals surface area contributed by atoms with Gasteiger partial charge in [-0.1, -0.05) is 22.9 Å². The molecule has 0 heterocycles. The highest BCUT2D eigenvalue weighted by molar-refractivity contribution is 9.10. The van der Waals surface area contributed by atoms with E-state index >= 15 is 0 Å². The largest absolute Gasteiger partial charge is 0.313 e. The van der Waals surface area contributed by atoms with Crippen molar-refractivity contribution in [2.45, 2.75) is 19.9 Å². The number of hydrogen-bond donors (Lipinski definition) is 1. The van der Waals surface area contributed by atoms with Gasteiger partial charge >= 0.3 is 0 Å². The van der Waals surface area contributed by atoms with E-state index in [1.54, 1.807) is 6.07 Å². The first-order chi connectivity index (χ1) is 6.22. The molecule has 0 saturated heterocycles. The first-order valence-corrected chi connectivity index (χ1v) is 5.17. The lowest BCUT2D eigenvalue weighted by Gasteiger charge is -2.03. The van der Waals surface area contributed by atoms with E-state index in [9.17, 15) is 4.39 Å². The van der Waals surface area contributed by atoms with Crippen LogP contribution in [0.2, 0.25) is 0 Å². The standard InChI is InChI=1S/C10H13BrFN/c1-2-3-13-7-8-4-9(11)6-10(12)5-8/h4-6,13H,2-3,7H2,1H3. The molecular formula is C10H13BrFN. The average molecular weight is 246 g/mol. The van der Waals surface area contributed by atoms with E-state index in [-0.39, 0.29) is 5.82 Å². The molecule has 0 aliphatic rings. The third kappa shape index (κ3) is 3.87. The Balaban J connectivity index is 2.56. The third-order valence-corrected chi connectivity index (χ3v) is 2.14. The van der Waals surface area contributed by atoms with E-state index in [0.717, 1.165) is 29.5 Å². The molecule has 0 spiro atoms. The summed E-state index contributed by atoms with van der Waals surface area (Å²) in [5.74, 6) is -0.192. The summed E-state index contributed by atoms with van der Waals surface area (Å²) in [6.45, 7) is 3.80. The van der Waals surface area contributed by atoms with Gasteiger partial charge in [-0.05, 0) is 36.7 Å². The van der Waals surface area contributed by atoms with Gasteiger partial charge in [0.1, 0.15) is 5.82 Å². The number of hydrogen-bond acceptors (Lipinski definition) is 1. The van der Waals surface area contributed by atoms with Crippen LogP contribution in [-0.4, -0.2) is 6.54 Å². The lowest BCUT2D eigenvalue weighted by molar-refractivity contribution is 0.618. The maximum absolute atomic E-state index is 12.9. The summed E-state index contributed by atoms with van der Waals surface area (Å²) in [6.07, 6.45) is 1.09. The Kier molecular flexibility index (Phi) is 4.39. The van der Waals surface area contributed by atoms with Crippen molar-refractivity contribution in [2.24, 2.45) is 0 Å². The molecule has 0 aliphatic carbocycles. The fourth-order valence-electron chi connectivity index (χ4n) is 1.12. The Bertz CT molecular complexity index is 255. The molecule has 1 N–H and O–H groups in total. The van der Waals surface area contributed by atoms with Crippen molar-refractivity contribution in [3.63, 3.8) is 0 Å². The van der Waals surface area contributed by atoms with Crippen molar-refractivity contribution in [3.8, 4) is 0 Å². The lowest BCUT2D eigenvalue weighted by atomic mass is 10.2. The molecule has 0 fully saturated rings. The van der Waals surface area contributed by atoms with Gasteiger partial charge in [0.15, 0.2) is 0 Å². The maximum atomic E-state index is 12.9. The molecule has 0 bridgehead atoms. The summed E-state index contributed by atoms with van der Waals surface area (Å²) in [6, 6.07) is 4.93. The fraction of sp³-hybridized carbons (Fsp3) is 0.400. The predicted octanol–water partition coefficient (Wildman–Crippen LogP) is 3.09. The summed E-state index contributed by atoms with van der Waals surface area (Å²) in [5.41, 5.74) is 0.973. The molecule has 0 aromatic heterocycles. The number of rotatable bonds is 4. The molecule has 72 valence electrons. The zero-order chi connectivity index (χ0) is 9.68. The van der Waals surface area contributed by atoms with Crippen LogP contribution in [0.4, 0.5) is 4.39 Å². The second-order valence-corrected chi connectivity index (χ2v) is 3.87. The van der Waals surface area contributed by atoms with Gasteiger partial charge in [0.25, 0.3) is 0 Å². The van der Waals surface area contributed by atoms with E-state index in [1.165, 1.54) is 6.07 Å². The van der Waals surface area contributed by atoms with Crippen LogP contribution in [0.3, 0.4) is 0 Å². The molecule has 0 unspecified atom stereocenters.